The van der Waals surface area contributed by atoms with Crippen molar-refractivity contribution in [2.24, 2.45) is 0 Å². The van der Waals surface area contributed by atoms with E-state index in [4.69, 9.17) is 4.74 Å². The van der Waals surface area contributed by atoms with E-state index in [1.165, 1.54) is 6.42 Å². The number of ether oxygens (including phenoxy) is 1. The van der Waals surface area contributed by atoms with Crippen molar-refractivity contribution in [3.8, 4) is 5.75 Å². The molecule has 1 amide bonds. The van der Waals surface area contributed by atoms with Crippen molar-refractivity contribution < 1.29 is 9.53 Å². The summed E-state index contributed by atoms with van der Waals surface area (Å²) >= 11 is 0. The summed E-state index contributed by atoms with van der Waals surface area (Å²) in [5.41, 5.74) is -0.658. The molecule has 0 spiro atoms. The number of likely N-dealkylation sites (N-methyl/N-ethyl adjacent to an activating group) is 1. The molecule has 0 bridgehead atoms. The fourth-order valence-electron chi connectivity index (χ4n) is 2.44. The van der Waals surface area contributed by atoms with Crippen molar-refractivity contribution in [1.82, 2.24) is 5.32 Å². The Morgan fingerprint density at radius 2 is 1.82 bits per heavy atom. The van der Waals surface area contributed by atoms with Crippen LogP contribution in [0.4, 0.5) is 0 Å². The van der Waals surface area contributed by atoms with E-state index in [1.807, 2.05) is 30.3 Å². The third-order valence-electron chi connectivity index (χ3n) is 3.36. The van der Waals surface area contributed by atoms with Crippen molar-refractivity contribution >= 4 is 5.91 Å². The molecule has 0 heterocycles. The molecule has 17 heavy (non-hydrogen) atoms. The smallest absolute Gasteiger partial charge is 0.263 e. The Morgan fingerprint density at radius 3 is 2.41 bits per heavy atom. The van der Waals surface area contributed by atoms with E-state index in [0.717, 1.165) is 31.4 Å². The van der Waals surface area contributed by atoms with E-state index in [0.29, 0.717) is 0 Å². The first kappa shape index (κ1) is 12.0. The highest BCUT2D eigenvalue weighted by molar-refractivity contribution is 5.85. The zero-order valence-corrected chi connectivity index (χ0v) is 10.2. The van der Waals surface area contributed by atoms with Crippen LogP contribution in [0.15, 0.2) is 30.3 Å². The number of carbonyl (C=O) groups is 1. The summed E-state index contributed by atoms with van der Waals surface area (Å²) in [6.07, 6.45) is 4.92. The highest BCUT2D eigenvalue weighted by atomic mass is 16.5. The van der Waals surface area contributed by atoms with Crippen molar-refractivity contribution in [1.29, 1.82) is 0 Å². The molecule has 1 aliphatic rings. The van der Waals surface area contributed by atoms with Crippen LogP contribution in [-0.4, -0.2) is 18.6 Å². The average Bonchev–Trinajstić information content (AvgIpc) is 2.40. The Labute approximate surface area is 102 Å². The van der Waals surface area contributed by atoms with Gasteiger partial charge in [0.25, 0.3) is 5.91 Å². The van der Waals surface area contributed by atoms with Crippen LogP contribution in [0.1, 0.15) is 32.1 Å². The summed E-state index contributed by atoms with van der Waals surface area (Å²) in [5, 5.41) is 2.73. The molecule has 0 radical (unpaired) electrons. The van der Waals surface area contributed by atoms with E-state index in [-0.39, 0.29) is 5.91 Å². The molecular weight excluding hydrogens is 214 g/mol. The summed E-state index contributed by atoms with van der Waals surface area (Å²) in [5.74, 6) is 0.777. The molecule has 0 atom stereocenters. The minimum absolute atomic E-state index is 0.000975. The lowest BCUT2D eigenvalue weighted by molar-refractivity contribution is -0.139. The molecule has 1 fully saturated rings. The minimum atomic E-state index is -0.658. The van der Waals surface area contributed by atoms with Gasteiger partial charge in [0.1, 0.15) is 5.75 Å². The number of nitrogens with one attached hydrogen (secondary N) is 1. The Hall–Kier alpha value is -1.51. The zero-order valence-electron chi connectivity index (χ0n) is 10.2. The van der Waals surface area contributed by atoms with Crippen LogP contribution >= 0.6 is 0 Å². The van der Waals surface area contributed by atoms with Gasteiger partial charge in [-0.3, -0.25) is 4.79 Å². The summed E-state index contributed by atoms with van der Waals surface area (Å²) in [7, 11) is 1.67. The first-order chi connectivity index (χ1) is 8.27. The zero-order chi connectivity index (χ0) is 12.1. The lowest BCUT2D eigenvalue weighted by atomic mass is 9.84. The maximum absolute atomic E-state index is 12.1. The van der Waals surface area contributed by atoms with Gasteiger partial charge in [0.2, 0.25) is 0 Å². The quantitative estimate of drug-likeness (QED) is 0.871. The second-order valence-corrected chi connectivity index (χ2v) is 4.55. The predicted octanol–water partition coefficient (Wildman–Crippen LogP) is 2.51. The van der Waals surface area contributed by atoms with Crippen molar-refractivity contribution in [3.05, 3.63) is 30.3 Å². The van der Waals surface area contributed by atoms with Gasteiger partial charge >= 0.3 is 0 Å². The van der Waals surface area contributed by atoms with E-state index < -0.39 is 5.60 Å². The topological polar surface area (TPSA) is 38.3 Å². The largest absolute Gasteiger partial charge is 0.477 e. The van der Waals surface area contributed by atoms with Gasteiger partial charge in [-0.25, -0.2) is 0 Å². The van der Waals surface area contributed by atoms with Crippen LogP contribution in [0.25, 0.3) is 0 Å². The number of para-hydroxylation sites is 1. The van der Waals surface area contributed by atoms with Gasteiger partial charge in [-0.2, -0.15) is 0 Å². The normalized spacial score (nSPS) is 18.4. The molecule has 0 aromatic heterocycles. The third-order valence-corrected chi connectivity index (χ3v) is 3.36. The van der Waals surface area contributed by atoms with Gasteiger partial charge in [0.05, 0.1) is 0 Å². The fraction of sp³-hybridized carbons (Fsp3) is 0.500. The molecule has 1 saturated carbocycles. The molecule has 3 heteroatoms. The first-order valence-corrected chi connectivity index (χ1v) is 6.23. The molecule has 1 aromatic rings. The van der Waals surface area contributed by atoms with E-state index in [1.54, 1.807) is 7.05 Å². The maximum Gasteiger partial charge on any atom is 0.263 e. The Bertz CT molecular complexity index is 369. The second-order valence-electron chi connectivity index (χ2n) is 4.55. The van der Waals surface area contributed by atoms with E-state index >= 15 is 0 Å². The summed E-state index contributed by atoms with van der Waals surface area (Å²) < 4.78 is 5.98. The molecular formula is C14H19NO2. The maximum atomic E-state index is 12.1. The summed E-state index contributed by atoms with van der Waals surface area (Å²) in [4.78, 5) is 12.1. The predicted molar refractivity (Wildman–Crippen MR) is 67.0 cm³/mol. The van der Waals surface area contributed by atoms with Gasteiger partial charge in [0.15, 0.2) is 5.60 Å². The van der Waals surface area contributed by atoms with Crippen LogP contribution in [0.5, 0.6) is 5.75 Å². The Balaban J connectivity index is 2.19. The number of hydrogen-bond donors (Lipinski definition) is 1. The van der Waals surface area contributed by atoms with Crippen molar-refractivity contribution in [3.63, 3.8) is 0 Å². The van der Waals surface area contributed by atoms with Crippen LogP contribution in [0.2, 0.25) is 0 Å². The molecule has 0 saturated heterocycles. The lowest BCUT2D eigenvalue weighted by Gasteiger charge is -2.35. The SMILES string of the molecule is CNC(=O)C1(Oc2ccccc2)CCCCC1. The number of benzene rings is 1. The average molecular weight is 233 g/mol. The van der Waals surface area contributed by atoms with E-state index in [9.17, 15) is 4.79 Å². The molecule has 1 aliphatic carbocycles. The number of amides is 1. The van der Waals surface area contributed by atoms with Gasteiger partial charge in [-0.05, 0) is 37.8 Å². The van der Waals surface area contributed by atoms with Gasteiger partial charge in [-0.1, -0.05) is 24.6 Å². The molecule has 1 aromatic carbocycles. The lowest BCUT2D eigenvalue weighted by Crippen LogP contribution is -2.51. The Kier molecular flexibility index (Phi) is 3.67. The van der Waals surface area contributed by atoms with Gasteiger partial charge < -0.3 is 10.1 Å². The molecule has 0 aliphatic heterocycles. The van der Waals surface area contributed by atoms with Gasteiger partial charge in [-0.15, -0.1) is 0 Å². The minimum Gasteiger partial charge on any atom is -0.477 e. The molecule has 92 valence electrons. The van der Waals surface area contributed by atoms with E-state index in [2.05, 4.69) is 5.32 Å². The highest BCUT2D eigenvalue weighted by Gasteiger charge is 2.41. The fourth-order valence-corrected chi connectivity index (χ4v) is 2.44. The van der Waals surface area contributed by atoms with Crippen LogP contribution < -0.4 is 10.1 Å². The number of rotatable bonds is 3. The van der Waals surface area contributed by atoms with Crippen LogP contribution in [0, 0.1) is 0 Å². The monoisotopic (exact) mass is 233 g/mol. The second kappa shape index (κ2) is 5.21. The van der Waals surface area contributed by atoms with Crippen molar-refractivity contribution in [2.45, 2.75) is 37.7 Å². The standard InChI is InChI=1S/C14H19NO2/c1-15-13(16)14(10-6-3-7-11-14)17-12-8-4-2-5-9-12/h2,4-5,8-9H,3,6-7,10-11H2,1H3,(H,15,16). The van der Waals surface area contributed by atoms with Crippen LogP contribution in [-0.2, 0) is 4.79 Å². The van der Waals surface area contributed by atoms with Gasteiger partial charge in [0, 0.05) is 7.05 Å². The molecule has 2 rings (SSSR count). The summed E-state index contributed by atoms with van der Waals surface area (Å²) in [6.45, 7) is 0. The molecule has 0 unspecified atom stereocenters. The first-order valence-electron chi connectivity index (χ1n) is 6.23. The molecule has 3 nitrogen and oxygen atoms in total. The number of hydrogen-bond acceptors (Lipinski definition) is 2. The Morgan fingerprint density at radius 1 is 1.18 bits per heavy atom. The molecule has 1 N–H and O–H groups in total. The van der Waals surface area contributed by atoms with Crippen molar-refractivity contribution in [2.75, 3.05) is 7.05 Å². The highest BCUT2D eigenvalue weighted by Crippen LogP contribution is 2.33. The van der Waals surface area contributed by atoms with Crippen LogP contribution in [0.3, 0.4) is 0 Å². The summed E-state index contributed by atoms with van der Waals surface area (Å²) in [6, 6.07) is 9.60. The third kappa shape index (κ3) is 2.60. The number of carbonyl (C=O) groups excluding carboxylic acids is 1.